The Bertz CT molecular complexity index is 496. The van der Waals surface area contributed by atoms with E-state index in [2.05, 4.69) is 44.7 Å². The molecule has 0 fully saturated rings. The number of nitrogen functional groups attached to an aromatic ring is 1. The van der Waals surface area contributed by atoms with Gasteiger partial charge in [0, 0.05) is 5.38 Å². The molecule has 0 aliphatic rings. The van der Waals surface area contributed by atoms with Gasteiger partial charge in [0.1, 0.15) is 11.5 Å². The number of aromatic nitrogens is 3. The van der Waals surface area contributed by atoms with Crippen molar-refractivity contribution in [3.63, 3.8) is 0 Å². The van der Waals surface area contributed by atoms with Crippen LogP contribution in [0.4, 0.5) is 5.82 Å². The fraction of sp³-hybridized carbons (Fsp3) is 0.300. The molecule has 0 saturated carbocycles. The lowest BCUT2D eigenvalue weighted by atomic mass is 10.1. The van der Waals surface area contributed by atoms with Gasteiger partial charge in [-0.05, 0) is 21.8 Å². The number of nitrogens with two attached hydrogens (primary N) is 1. The summed E-state index contributed by atoms with van der Waals surface area (Å²) in [7, 11) is 0. The van der Waals surface area contributed by atoms with Gasteiger partial charge in [0.25, 0.3) is 0 Å². The molecule has 0 amide bonds. The topological polar surface area (TPSA) is 64.7 Å². The van der Waals surface area contributed by atoms with Gasteiger partial charge < -0.3 is 5.73 Å². The van der Waals surface area contributed by atoms with E-state index in [1.165, 1.54) is 11.3 Å². The first-order valence-electron chi connectivity index (χ1n) is 4.81. The molecule has 0 atom stereocenters. The summed E-state index contributed by atoms with van der Waals surface area (Å²) in [6.45, 7) is 4.13. The number of rotatable bonds is 2. The highest BCUT2D eigenvalue weighted by molar-refractivity contribution is 9.10. The quantitative estimate of drug-likeness (QED) is 0.925. The molecule has 2 aromatic heterocycles. The number of halogens is 1. The highest BCUT2D eigenvalue weighted by atomic mass is 79.9. The van der Waals surface area contributed by atoms with Crippen molar-refractivity contribution in [3.05, 3.63) is 21.1 Å². The predicted octanol–water partition coefficient (Wildman–Crippen LogP) is 3.07. The molecule has 84 valence electrons. The molecule has 16 heavy (non-hydrogen) atoms. The summed E-state index contributed by atoms with van der Waals surface area (Å²) in [6.07, 6.45) is 0. The predicted molar refractivity (Wildman–Crippen MR) is 69.3 cm³/mol. The van der Waals surface area contributed by atoms with Gasteiger partial charge in [0.05, 0.1) is 15.7 Å². The molecule has 2 heterocycles. The van der Waals surface area contributed by atoms with E-state index in [9.17, 15) is 0 Å². The van der Waals surface area contributed by atoms with Crippen molar-refractivity contribution in [2.45, 2.75) is 19.8 Å². The Morgan fingerprint density at radius 2 is 2.12 bits per heavy atom. The molecular weight excluding hydrogens is 288 g/mol. The number of thiazole rings is 1. The normalized spacial score (nSPS) is 11.0. The van der Waals surface area contributed by atoms with Crippen LogP contribution in [0, 0.1) is 0 Å². The maximum atomic E-state index is 5.84. The van der Waals surface area contributed by atoms with Crippen LogP contribution in [0.5, 0.6) is 0 Å². The van der Waals surface area contributed by atoms with E-state index in [0.29, 0.717) is 11.6 Å². The summed E-state index contributed by atoms with van der Waals surface area (Å²) < 4.78 is 0.779. The lowest BCUT2D eigenvalue weighted by molar-refractivity contribution is 0.810. The molecule has 4 nitrogen and oxygen atoms in total. The first-order valence-corrected chi connectivity index (χ1v) is 6.54. The van der Waals surface area contributed by atoms with E-state index in [0.717, 1.165) is 15.9 Å². The molecule has 2 aromatic rings. The zero-order valence-corrected chi connectivity index (χ0v) is 11.3. The molecule has 2 rings (SSSR count). The van der Waals surface area contributed by atoms with Crippen molar-refractivity contribution < 1.29 is 0 Å². The van der Waals surface area contributed by atoms with Crippen molar-refractivity contribution in [2.24, 2.45) is 0 Å². The van der Waals surface area contributed by atoms with Crippen LogP contribution in [-0.2, 0) is 0 Å². The Morgan fingerprint density at radius 3 is 2.69 bits per heavy atom. The van der Waals surface area contributed by atoms with Crippen LogP contribution in [0.15, 0.2) is 15.4 Å². The Morgan fingerprint density at radius 1 is 1.38 bits per heavy atom. The molecular formula is C10H11BrN4S. The van der Waals surface area contributed by atoms with Crippen LogP contribution in [0.3, 0.4) is 0 Å². The van der Waals surface area contributed by atoms with Gasteiger partial charge in [-0.3, -0.25) is 0 Å². The molecule has 0 unspecified atom stereocenters. The SMILES string of the molecule is CC(C)c1nc(-c2cscn2)nc(N)c1Br. The van der Waals surface area contributed by atoms with Crippen molar-refractivity contribution in [1.82, 2.24) is 15.0 Å². The van der Waals surface area contributed by atoms with E-state index < -0.39 is 0 Å². The zero-order valence-electron chi connectivity index (χ0n) is 8.94. The van der Waals surface area contributed by atoms with Crippen LogP contribution in [-0.4, -0.2) is 15.0 Å². The lowest BCUT2D eigenvalue weighted by Gasteiger charge is -2.10. The van der Waals surface area contributed by atoms with Gasteiger partial charge in [-0.2, -0.15) is 0 Å². The summed E-state index contributed by atoms with van der Waals surface area (Å²) in [5.74, 6) is 1.34. The Balaban J connectivity index is 2.57. The third-order valence-corrected chi connectivity index (χ3v) is 3.51. The van der Waals surface area contributed by atoms with E-state index in [4.69, 9.17) is 5.73 Å². The van der Waals surface area contributed by atoms with Crippen molar-refractivity contribution >= 4 is 33.1 Å². The second-order valence-electron chi connectivity index (χ2n) is 3.66. The van der Waals surface area contributed by atoms with Crippen molar-refractivity contribution in [1.29, 1.82) is 0 Å². The van der Waals surface area contributed by atoms with Crippen LogP contribution in [0.2, 0.25) is 0 Å². The Kier molecular flexibility index (Phi) is 3.20. The van der Waals surface area contributed by atoms with Crippen molar-refractivity contribution in [2.75, 3.05) is 5.73 Å². The van der Waals surface area contributed by atoms with E-state index in [-0.39, 0.29) is 5.92 Å². The first kappa shape index (κ1) is 11.5. The maximum Gasteiger partial charge on any atom is 0.181 e. The number of nitrogens with zero attached hydrogens (tertiary/aromatic N) is 3. The molecule has 0 saturated heterocycles. The fourth-order valence-electron chi connectivity index (χ4n) is 1.30. The molecule has 0 radical (unpaired) electrons. The zero-order chi connectivity index (χ0) is 11.7. The maximum absolute atomic E-state index is 5.84. The minimum absolute atomic E-state index is 0.289. The van der Waals surface area contributed by atoms with Gasteiger partial charge in [-0.15, -0.1) is 11.3 Å². The summed E-state index contributed by atoms with van der Waals surface area (Å²) >= 11 is 4.93. The van der Waals surface area contributed by atoms with Gasteiger partial charge >= 0.3 is 0 Å². The average molecular weight is 299 g/mol. The van der Waals surface area contributed by atoms with Gasteiger partial charge in [0.2, 0.25) is 0 Å². The fourth-order valence-corrected chi connectivity index (χ4v) is 2.47. The molecule has 0 spiro atoms. The van der Waals surface area contributed by atoms with Crippen LogP contribution in [0.25, 0.3) is 11.5 Å². The molecule has 0 aliphatic carbocycles. The number of hydrogen-bond acceptors (Lipinski definition) is 5. The highest BCUT2D eigenvalue weighted by Crippen LogP contribution is 2.29. The Labute approximate surface area is 106 Å². The minimum Gasteiger partial charge on any atom is -0.383 e. The molecule has 6 heteroatoms. The summed E-state index contributed by atoms with van der Waals surface area (Å²) in [5.41, 5.74) is 9.28. The second kappa shape index (κ2) is 4.47. The number of hydrogen-bond donors (Lipinski definition) is 1. The summed E-state index contributed by atoms with van der Waals surface area (Å²) in [4.78, 5) is 12.9. The van der Waals surface area contributed by atoms with E-state index in [1.807, 2.05) is 5.38 Å². The third-order valence-electron chi connectivity index (χ3n) is 2.11. The third kappa shape index (κ3) is 2.08. The molecule has 2 N–H and O–H groups in total. The van der Waals surface area contributed by atoms with Gasteiger partial charge in [-0.1, -0.05) is 13.8 Å². The first-order chi connectivity index (χ1) is 7.59. The summed E-state index contributed by atoms with van der Waals surface area (Å²) in [6, 6.07) is 0. The molecule has 0 aliphatic heterocycles. The standard InChI is InChI=1S/C10H11BrN4S/c1-5(2)8-7(11)9(12)15-10(14-8)6-3-16-4-13-6/h3-5H,1-2H3,(H2,12,14,15). The summed E-state index contributed by atoms with van der Waals surface area (Å²) in [5, 5.41) is 1.91. The highest BCUT2D eigenvalue weighted by Gasteiger charge is 2.14. The second-order valence-corrected chi connectivity index (χ2v) is 5.17. The monoisotopic (exact) mass is 298 g/mol. The smallest absolute Gasteiger partial charge is 0.181 e. The van der Waals surface area contributed by atoms with Crippen molar-refractivity contribution in [3.8, 4) is 11.5 Å². The van der Waals surface area contributed by atoms with Gasteiger partial charge in [-0.25, -0.2) is 15.0 Å². The largest absolute Gasteiger partial charge is 0.383 e. The minimum atomic E-state index is 0.289. The Hall–Kier alpha value is -1.01. The molecule has 0 bridgehead atoms. The van der Waals surface area contributed by atoms with E-state index in [1.54, 1.807) is 5.51 Å². The average Bonchev–Trinajstić information content (AvgIpc) is 2.74. The lowest BCUT2D eigenvalue weighted by Crippen LogP contribution is -2.04. The number of anilines is 1. The van der Waals surface area contributed by atoms with Gasteiger partial charge in [0.15, 0.2) is 5.82 Å². The van der Waals surface area contributed by atoms with Crippen LogP contribution < -0.4 is 5.73 Å². The van der Waals surface area contributed by atoms with Crippen LogP contribution >= 0.6 is 27.3 Å². The van der Waals surface area contributed by atoms with Crippen LogP contribution in [0.1, 0.15) is 25.5 Å². The van der Waals surface area contributed by atoms with E-state index >= 15 is 0 Å². The molecule has 0 aromatic carbocycles.